The van der Waals surface area contributed by atoms with Gasteiger partial charge in [-0.25, -0.2) is 0 Å². The second kappa shape index (κ2) is 4.28. The molecule has 6 heteroatoms. The highest BCUT2D eigenvalue weighted by Crippen LogP contribution is 2.37. The van der Waals surface area contributed by atoms with E-state index in [1.54, 1.807) is 0 Å². The normalized spacial score (nSPS) is 14.8. The van der Waals surface area contributed by atoms with Gasteiger partial charge in [0.05, 0.1) is 5.69 Å². The largest absolute Gasteiger partial charge is 0.432 e. The van der Waals surface area contributed by atoms with Crippen LogP contribution in [0.25, 0.3) is 0 Å². The summed E-state index contributed by atoms with van der Waals surface area (Å²) in [5, 5.41) is 2.66. The Hall–Kier alpha value is -1.56. The zero-order valence-electron chi connectivity index (χ0n) is 9.81. The van der Waals surface area contributed by atoms with Gasteiger partial charge in [0.15, 0.2) is 0 Å². The first-order valence-electron chi connectivity index (χ1n) is 5.74. The maximum absolute atomic E-state index is 12.1. The van der Waals surface area contributed by atoms with E-state index in [-0.39, 0.29) is 11.9 Å². The van der Waals surface area contributed by atoms with Crippen LogP contribution in [0.2, 0.25) is 0 Å². The highest BCUT2D eigenvalue weighted by molar-refractivity contribution is 9.10. The average molecular weight is 310 g/mol. The summed E-state index contributed by atoms with van der Waals surface area (Å²) in [6.45, 7) is 1.81. The number of aryl methyl sites for hydroxylation is 1. The SMILES string of the molecule is Cc1coc(NC(=O)c2cc(Br)cn2C2CC2)n1. The zero-order chi connectivity index (χ0) is 12.7. The molecule has 0 aromatic carbocycles. The van der Waals surface area contributed by atoms with Crippen LogP contribution in [-0.2, 0) is 0 Å². The number of amides is 1. The fourth-order valence-electron chi connectivity index (χ4n) is 1.85. The molecule has 0 spiro atoms. The van der Waals surface area contributed by atoms with Gasteiger partial charge in [-0.2, -0.15) is 4.98 Å². The van der Waals surface area contributed by atoms with Crippen LogP contribution >= 0.6 is 15.9 Å². The Kier molecular flexibility index (Phi) is 2.74. The Balaban J connectivity index is 1.83. The first-order chi connectivity index (χ1) is 8.63. The van der Waals surface area contributed by atoms with Crippen LogP contribution in [-0.4, -0.2) is 15.5 Å². The lowest BCUT2D eigenvalue weighted by molar-refractivity contribution is 0.101. The molecule has 2 aromatic heterocycles. The first-order valence-corrected chi connectivity index (χ1v) is 6.53. The van der Waals surface area contributed by atoms with Gasteiger partial charge in [-0.3, -0.25) is 10.1 Å². The molecule has 1 N–H and O–H groups in total. The summed E-state index contributed by atoms with van der Waals surface area (Å²) in [5.74, 6) is -0.200. The molecule has 0 bridgehead atoms. The van der Waals surface area contributed by atoms with Gasteiger partial charge in [-0.15, -0.1) is 0 Å². The molecular formula is C12H12BrN3O2. The van der Waals surface area contributed by atoms with E-state index in [1.807, 2.05) is 23.8 Å². The molecular weight excluding hydrogens is 298 g/mol. The summed E-state index contributed by atoms with van der Waals surface area (Å²) in [6, 6.07) is 2.49. The second-order valence-electron chi connectivity index (χ2n) is 4.43. The van der Waals surface area contributed by atoms with Gasteiger partial charge in [0.2, 0.25) is 0 Å². The monoisotopic (exact) mass is 309 g/mol. The van der Waals surface area contributed by atoms with Crippen molar-refractivity contribution in [2.75, 3.05) is 5.32 Å². The Bertz CT molecular complexity index is 598. The van der Waals surface area contributed by atoms with E-state index in [9.17, 15) is 4.79 Å². The van der Waals surface area contributed by atoms with Crippen LogP contribution in [0.5, 0.6) is 0 Å². The molecule has 2 aromatic rings. The van der Waals surface area contributed by atoms with Crippen LogP contribution in [0.3, 0.4) is 0 Å². The van der Waals surface area contributed by atoms with Crippen molar-refractivity contribution >= 4 is 27.9 Å². The highest BCUT2D eigenvalue weighted by atomic mass is 79.9. The van der Waals surface area contributed by atoms with Crippen LogP contribution < -0.4 is 5.32 Å². The molecule has 5 nitrogen and oxygen atoms in total. The van der Waals surface area contributed by atoms with Crippen LogP contribution in [0.4, 0.5) is 6.01 Å². The Labute approximate surface area is 112 Å². The number of hydrogen-bond acceptors (Lipinski definition) is 3. The van der Waals surface area contributed by atoms with Crippen molar-refractivity contribution in [2.24, 2.45) is 0 Å². The van der Waals surface area contributed by atoms with Crippen LogP contribution in [0.15, 0.2) is 27.4 Å². The van der Waals surface area contributed by atoms with Crippen molar-refractivity contribution in [3.8, 4) is 0 Å². The third kappa shape index (κ3) is 2.20. The molecule has 1 aliphatic carbocycles. The third-order valence-electron chi connectivity index (χ3n) is 2.83. The molecule has 0 radical (unpaired) electrons. The van der Waals surface area contributed by atoms with Crippen molar-refractivity contribution in [1.82, 2.24) is 9.55 Å². The summed E-state index contributed by atoms with van der Waals surface area (Å²) < 4.78 is 8.02. The fourth-order valence-corrected chi connectivity index (χ4v) is 2.29. The van der Waals surface area contributed by atoms with Gasteiger partial charge < -0.3 is 8.98 Å². The zero-order valence-corrected chi connectivity index (χ0v) is 11.4. The lowest BCUT2D eigenvalue weighted by atomic mass is 10.4. The number of hydrogen-bond donors (Lipinski definition) is 1. The molecule has 18 heavy (non-hydrogen) atoms. The van der Waals surface area contributed by atoms with E-state index in [0.717, 1.165) is 23.0 Å². The number of aromatic nitrogens is 2. The van der Waals surface area contributed by atoms with E-state index in [0.29, 0.717) is 11.7 Å². The predicted molar refractivity (Wildman–Crippen MR) is 69.6 cm³/mol. The van der Waals surface area contributed by atoms with E-state index < -0.39 is 0 Å². The number of nitrogens with one attached hydrogen (secondary N) is 1. The first kappa shape index (κ1) is 11.5. The topological polar surface area (TPSA) is 60.1 Å². The Morgan fingerprint density at radius 3 is 3.00 bits per heavy atom. The minimum Gasteiger partial charge on any atom is -0.432 e. The molecule has 3 rings (SSSR count). The molecule has 1 aliphatic rings. The molecule has 2 heterocycles. The van der Waals surface area contributed by atoms with E-state index in [4.69, 9.17) is 4.42 Å². The van der Waals surface area contributed by atoms with Gasteiger partial charge in [0.1, 0.15) is 12.0 Å². The maximum atomic E-state index is 12.1. The molecule has 0 saturated heterocycles. The third-order valence-corrected chi connectivity index (χ3v) is 3.26. The van der Waals surface area contributed by atoms with Crippen molar-refractivity contribution in [3.05, 3.63) is 34.4 Å². The Morgan fingerprint density at radius 2 is 2.39 bits per heavy atom. The Morgan fingerprint density at radius 1 is 1.61 bits per heavy atom. The smallest absolute Gasteiger partial charge is 0.301 e. The quantitative estimate of drug-likeness (QED) is 0.947. The molecule has 1 amide bonds. The summed E-state index contributed by atoms with van der Waals surface area (Å²) in [5.41, 5.74) is 1.37. The summed E-state index contributed by atoms with van der Waals surface area (Å²) in [6.07, 6.45) is 5.69. The van der Waals surface area contributed by atoms with Crippen molar-refractivity contribution in [1.29, 1.82) is 0 Å². The number of halogens is 1. The summed E-state index contributed by atoms with van der Waals surface area (Å²) in [7, 11) is 0. The lowest BCUT2D eigenvalue weighted by Gasteiger charge is -2.05. The summed E-state index contributed by atoms with van der Waals surface area (Å²) in [4.78, 5) is 16.2. The van der Waals surface area contributed by atoms with E-state index in [1.165, 1.54) is 6.26 Å². The van der Waals surface area contributed by atoms with Gasteiger partial charge in [-0.05, 0) is 41.8 Å². The number of anilines is 1. The number of rotatable bonds is 3. The van der Waals surface area contributed by atoms with Gasteiger partial charge in [0, 0.05) is 16.7 Å². The standard InChI is InChI=1S/C12H12BrN3O2/c1-7-6-18-12(14-7)15-11(17)10-4-8(13)5-16(10)9-2-3-9/h4-6,9H,2-3H2,1H3,(H,14,15,17). The van der Waals surface area contributed by atoms with Gasteiger partial charge in [0.25, 0.3) is 5.91 Å². The molecule has 0 atom stereocenters. The van der Waals surface area contributed by atoms with E-state index >= 15 is 0 Å². The predicted octanol–water partition coefficient (Wildman–Crippen LogP) is 3.13. The fraction of sp³-hybridized carbons (Fsp3) is 0.333. The number of oxazole rings is 1. The number of carbonyl (C=O) groups is 1. The number of carbonyl (C=O) groups excluding carboxylic acids is 1. The van der Waals surface area contributed by atoms with Crippen LogP contribution in [0, 0.1) is 6.92 Å². The second-order valence-corrected chi connectivity index (χ2v) is 5.35. The lowest BCUT2D eigenvalue weighted by Crippen LogP contribution is -2.16. The molecule has 1 saturated carbocycles. The molecule has 0 aliphatic heterocycles. The van der Waals surface area contributed by atoms with Crippen molar-refractivity contribution in [3.63, 3.8) is 0 Å². The molecule has 1 fully saturated rings. The molecule has 94 valence electrons. The van der Waals surface area contributed by atoms with Crippen LogP contribution in [0.1, 0.15) is 35.1 Å². The maximum Gasteiger partial charge on any atom is 0.301 e. The molecule has 0 unspecified atom stereocenters. The van der Waals surface area contributed by atoms with Crippen molar-refractivity contribution < 1.29 is 9.21 Å². The average Bonchev–Trinajstić information content (AvgIpc) is 2.98. The minimum atomic E-state index is -0.200. The van der Waals surface area contributed by atoms with Crippen molar-refractivity contribution in [2.45, 2.75) is 25.8 Å². The minimum absolute atomic E-state index is 0.200. The summed E-state index contributed by atoms with van der Waals surface area (Å²) >= 11 is 3.40. The van der Waals surface area contributed by atoms with E-state index in [2.05, 4.69) is 26.2 Å². The highest BCUT2D eigenvalue weighted by Gasteiger charge is 2.28. The van der Waals surface area contributed by atoms with Gasteiger partial charge >= 0.3 is 6.01 Å². The number of nitrogens with zero attached hydrogens (tertiary/aromatic N) is 2. The van der Waals surface area contributed by atoms with Gasteiger partial charge in [-0.1, -0.05) is 0 Å².